The van der Waals surface area contributed by atoms with Crippen LogP contribution >= 0.6 is 11.3 Å². The van der Waals surface area contributed by atoms with E-state index >= 15 is 0 Å². The molecule has 0 saturated carbocycles. The Hall–Kier alpha value is -3.52. The molecule has 0 saturated heterocycles. The minimum Gasteiger partial charge on any atom is -0.266 e. The highest BCUT2D eigenvalue weighted by Gasteiger charge is 2.17. The van der Waals surface area contributed by atoms with E-state index in [4.69, 9.17) is 0 Å². The maximum absolute atomic E-state index is 12.5. The second kappa shape index (κ2) is 7.84. The summed E-state index contributed by atoms with van der Waals surface area (Å²) in [5, 5.41) is 5.53. The van der Waals surface area contributed by atoms with Crippen LogP contribution < -0.4 is 10.9 Å². The lowest BCUT2D eigenvalue weighted by Gasteiger charge is -2.05. The van der Waals surface area contributed by atoms with Gasteiger partial charge in [-0.1, -0.05) is 35.9 Å². The standard InChI is InChI=1S/C21H19N5O2S/c1-13-6-8-15(9-7-13)12-26-21-16(14(2)25-26)11-18(29-21)20(28)24-23-19(27)17-5-3-4-10-22-17/h3-11H,12H2,1-2H3,(H,23,27)(H,24,28). The van der Waals surface area contributed by atoms with Crippen molar-refractivity contribution in [3.05, 3.63) is 82.1 Å². The van der Waals surface area contributed by atoms with Gasteiger partial charge in [0.25, 0.3) is 11.8 Å². The van der Waals surface area contributed by atoms with Gasteiger partial charge in [-0.25, -0.2) is 0 Å². The smallest absolute Gasteiger partial charge is 0.266 e. The van der Waals surface area contributed by atoms with E-state index in [-0.39, 0.29) is 11.6 Å². The van der Waals surface area contributed by atoms with Gasteiger partial charge in [-0.2, -0.15) is 5.10 Å². The van der Waals surface area contributed by atoms with Crippen molar-refractivity contribution >= 4 is 33.4 Å². The quantitative estimate of drug-likeness (QED) is 0.510. The molecule has 0 spiro atoms. The molecular weight excluding hydrogens is 386 g/mol. The summed E-state index contributed by atoms with van der Waals surface area (Å²) in [5.74, 6) is -0.849. The molecule has 0 aliphatic rings. The van der Waals surface area contributed by atoms with Crippen LogP contribution in [-0.4, -0.2) is 26.6 Å². The minimum absolute atomic E-state index is 0.230. The number of nitrogens with zero attached hydrogens (tertiary/aromatic N) is 3. The van der Waals surface area contributed by atoms with Gasteiger partial charge in [0.05, 0.1) is 17.1 Å². The van der Waals surface area contributed by atoms with Gasteiger partial charge < -0.3 is 0 Å². The van der Waals surface area contributed by atoms with Gasteiger partial charge in [-0.05, 0) is 37.6 Å². The lowest BCUT2D eigenvalue weighted by Crippen LogP contribution is -2.41. The van der Waals surface area contributed by atoms with Crippen molar-refractivity contribution in [2.24, 2.45) is 0 Å². The second-order valence-electron chi connectivity index (χ2n) is 6.68. The van der Waals surface area contributed by atoms with Crippen molar-refractivity contribution in [1.29, 1.82) is 0 Å². The number of hydrogen-bond donors (Lipinski definition) is 2. The number of hydrazine groups is 1. The third-order valence-corrected chi connectivity index (χ3v) is 5.62. The summed E-state index contributed by atoms with van der Waals surface area (Å²) >= 11 is 1.34. The van der Waals surface area contributed by atoms with Gasteiger partial charge in [0.15, 0.2) is 0 Å². The topological polar surface area (TPSA) is 88.9 Å². The lowest BCUT2D eigenvalue weighted by atomic mass is 10.1. The Labute approximate surface area is 171 Å². The van der Waals surface area contributed by atoms with Gasteiger partial charge in [-0.3, -0.25) is 30.1 Å². The molecule has 0 atom stereocenters. The van der Waals surface area contributed by atoms with Crippen LogP contribution in [0.3, 0.4) is 0 Å². The molecule has 146 valence electrons. The summed E-state index contributed by atoms with van der Waals surface area (Å²) in [5.41, 5.74) is 8.28. The first-order valence-electron chi connectivity index (χ1n) is 9.05. The summed E-state index contributed by atoms with van der Waals surface area (Å²) in [7, 11) is 0. The molecule has 4 rings (SSSR count). The Bertz CT molecular complexity index is 1180. The predicted octanol–water partition coefficient (Wildman–Crippen LogP) is 3.23. The van der Waals surface area contributed by atoms with E-state index in [9.17, 15) is 9.59 Å². The summed E-state index contributed by atoms with van der Waals surface area (Å²) in [6.45, 7) is 4.60. The van der Waals surface area contributed by atoms with Crippen LogP contribution in [0.2, 0.25) is 0 Å². The average molecular weight is 405 g/mol. The molecule has 4 aromatic rings. The number of thiophene rings is 1. The summed E-state index contributed by atoms with van der Waals surface area (Å²) in [6.07, 6.45) is 1.52. The van der Waals surface area contributed by atoms with Crippen LogP contribution in [0.25, 0.3) is 10.2 Å². The third-order valence-electron chi connectivity index (χ3n) is 4.47. The van der Waals surface area contributed by atoms with Gasteiger partial charge in [0.2, 0.25) is 0 Å². The molecule has 0 unspecified atom stereocenters. The predicted molar refractivity (Wildman–Crippen MR) is 112 cm³/mol. The fourth-order valence-corrected chi connectivity index (χ4v) is 3.99. The van der Waals surface area contributed by atoms with E-state index in [0.717, 1.165) is 21.5 Å². The van der Waals surface area contributed by atoms with Crippen LogP contribution in [0.4, 0.5) is 0 Å². The monoisotopic (exact) mass is 405 g/mol. The number of carbonyl (C=O) groups excluding carboxylic acids is 2. The molecule has 29 heavy (non-hydrogen) atoms. The molecule has 2 N–H and O–H groups in total. The summed E-state index contributed by atoms with van der Waals surface area (Å²) in [4.78, 5) is 29.9. The number of pyridine rings is 1. The Balaban J connectivity index is 1.50. The average Bonchev–Trinajstić information content (AvgIpc) is 3.30. The SMILES string of the molecule is Cc1ccc(Cn2nc(C)c3cc(C(=O)NNC(=O)c4ccccn4)sc32)cc1. The van der Waals surface area contributed by atoms with Crippen molar-refractivity contribution < 1.29 is 9.59 Å². The molecule has 8 heteroatoms. The fraction of sp³-hybridized carbons (Fsp3) is 0.143. The number of aryl methyl sites for hydroxylation is 2. The number of carbonyl (C=O) groups is 2. The van der Waals surface area contributed by atoms with Crippen molar-refractivity contribution in [2.45, 2.75) is 20.4 Å². The Morgan fingerprint density at radius 2 is 1.79 bits per heavy atom. The van der Waals surface area contributed by atoms with Crippen LogP contribution in [0.15, 0.2) is 54.7 Å². The molecule has 0 aliphatic carbocycles. The molecule has 7 nitrogen and oxygen atoms in total. The van der Waals surface area contributed by atoms with Crippen molar-refractivity contribution in [3.8, 4) is 0 Å². The lowest BCUT2D eigenvalue weighted by molar-refractivity contribution is 0.0846. The van der Waals surface area contributed by atoms with Gasteiger partial charge in [0, 0.05) is 11.6 Å². The zero-order valence-corrected chi connectivity index (χ0v) is 16.8. The first-order chi connectivity index (χ1) is 14.0. The summed E-state index contributed by atoms with van der Waals surface area (Å²) in [6, 6.07) is 15.1. The van der Waals surface area contributed by atoms with E-state index in [2.05, 4.69) is 52.1 Å². The van der Waals surface area contributed by atoms with Crippen LogP contribution in [0.5, 0.6) is 0 Å². The maximum Gasteiger partial charge on any atom is 0.288 e. The van der Waals surface area contributed by atoms with Gasteiger partial charge in [-0.15, -0.1) is 11.3 Å². The zero-order valence-electron chi connectivity index (χ0n) is 16.0. The Kier molecular flexibility index (Phi) is 5.09. The summed E-state index contributed by atoms with van der Waals surface area (Å²) < 4.78 is 1.91. The molecule has 0 bridgehead atoms. The van der Waals surface area contributed by atoms with E-state index < -0.39 is 5.91 Å². The highest BCUT2D eigenvalue weighted by Crippen LogP contribution is 2.28. The van der Waals surface area contributed by atoms with E-state index in [1.807, 2.05) is 11.6 Å². The highest BCUT2D eigenvalue weighted by atomic mass is 32.1. The number of hydrogen-bond acceptors (Lipinski definition) is 5. The van der Waals surface area contributed by atoms with E-state index in [0.29, 0.717) is 11.4 Å². The van der Waals surface area contributed by atoms with Gasteiger partial charge in [0.1, 0.15) is 10.5 Å². The number of amides is 2. The van der Waals surface area contributed by atoms with Crippen LogP contribution in [-0.2, 0) is 6.54 Å². The first kappa shape index (κ1) is 18.8. The van der Waals surface area contributed by atoms with E-state index in [1.54, 1.807) is 24.3 Å². The zero-order chi connectivity index (χ0) is 20.4. The second-order valence-corrected chi connectivity index (χ2v) is 7.71. The fourth-order valence-electron chi connectivity index (χ4n) is 2.93. The Morgan fingerprint density at radius 3 is 2.52 bits per heavy atom. The first-order valence-corrected chi connectivity index (χ1v) is 9.87. The van der Waals surface area contributed by atoms with Crippen molar-refractivity contribution in [1.82, 2.24) is 25.6 Å². The van der Waals surface area contributed by atoms with Gasteiger partial charge >= 0.3 is 0 Å². The highest BCUT2D eigenvalue weighted by molar-refractivity contribution is 7.20. The molecule has 1 aromatic carbocycles. The molecular formula is C21H19N5O2S. The molecule has 3 heterocycles. The molecule has 2 amide bonds. The molecule has 3 aromatic heterocycles. The Morgan fingerprint density at radius 1 is 1.03 bits per heavy atom. The number of benzene rings is 1. The largest absolute Gasteiger partial charge is 0.288 e. The normalized spacial score (nSPS) is 10.8. The number of fused-ring (bicyclic) bond motifs is 1. The molecule has 0 fully saturated rings. The maximum atomic E-state index is 12.5. The van der Waals surface area contributed by atoms with Crippen molar-refractivity contribution in [2.75, 3.05) is 0 Å². The third kappa shape index (κ3) is 4.02. The number of nitrogens with one attached hydrogen (secondary N) is 2. The van der Waals surface area contributed by atoms with E-state index in [1.165, 1.54) is 23.1 Å². The number of rotatable bonds is 4. The van der Waals surface area contributed by atoms with Crippen LogP contribution in [0, 0.1) is 13.8 Å². The van der Waals surface area contributed by atoms with Crippen LogP contribution in [0.1, 0.15) is 37.0 Å². The molecule has 0 aliphatic heterocycles. The number of aromatic nitrogens is 3. The molecule has 0 radical (unpaired) electrons. The van der Waals surface area contributed by atoms with Crippen molar-refractivity contribution in [3.63, 3.8) is 0 Å². The minimum atomic E-state index is -0.471.